The lowest BCUT2D eigenvalue weighted by atomic mass is 10.0. The Hall–Kier alpha value is -4.39. The molecule has 0 radical (unpaired) electrons. The fraction of sp³-hybridized carbons (Fsp3) is 0.179. The Morgan fingerprint density at radius 1 is 0.829 bits per heavy atom. The minimum absolute atomic E-state index is 0.515. The molecule has 0 atom stereocenters. The van der Waals surface area contributed by atoms with E-state index in [9.17, 15) is 0 Å². The third-order valence-corrected chi connectivity index (χ3v) is 6.24. The fourth-order valence-electron chi connectivity index (χ4n) is 4.45. The number of ether oxygens (including phenoxy) is 1. The number of para-hydroxylation sites is 2. The van der Waals surface area contributed by atoms with Crippen LogP contribution in [0.1, 0.15) is 11.1 Å². The largest absolute Gasteiger partial charge is 0.492 e. The summed E-state index contributed by atoms with van der Waals surface area (Å²) < 4.78 is 7.88. The molecule has 3 heterocycles. The molecular weight excluding hydrogens is 436 g/mol. The van der Waals surface area contributed by atoms with Crippen molar-refractivity contribution in [1.82, 2.24) is 19.5 Å². The van der Waals surface area contributed by atoms with Gasteiger partial charge in [-0.05, 0) is 41.8 Å². The van der Waals surface area contributed by atoms with Gasteiger partial charge in [-0.15, -0.1) is 0 Å². The van der Waals surface area contributed by atoms with Gasteiger partial charge in [0.15, 0.2) is 17.0 Å². The third kappa shape index (κ3) is 4.40. The van der Waals surface area contributed by atoms with Crippen molar-refractivity contribution in [2.75, 3.05) is 29.9 Å². The summed E-state index contributed by atoms with van der Waals surface area (Å²) >= 11 is 0. The van der Waals surface area contributed by atoms with Crippen molar-refractivity contribution in [3.63, 3.8) is 0 Å². The van der Waals surface area contributed by atoms with E-state index in [4.69, 9.17) is 14.7 Å². The van der Waals surface area contributed by atoms with Crippen LogP contribution in [-0.2, 0) is 13.0 Å². The van der Waals surface area contributed by atoms with Crippen molar-refractivity contribution >= 4 is 22.9 Å². The molecule has 0 bridgehead atoms. The van der Waals surface area contributed by atoms with Crippen molar-refractivity contribution in [3.8, 4) is 11.4 Å². The van der Waals surface area contributed by atoms with Gasteiger partial charge >= 0.3 is 0 Å². The number of anilines is 2. The second-order valence-electron chi connectivity index (χ2n) is 8.52. The highest BCUT2D eigenvalue weighted by Crippen LogP contribution is 2.28. The summed E-state index contributed by atoms with van der Waals surface area (Å²) in [5.41, 5.74) is 5.27. The highest BCUT2D eigenvalue weighted by atomic mass is 16.5. The van der Waals surface area contributed by atoms with Gasteiger partial charge in [-0.25, -0.2) is 4.98 Å². The molecule has 1 N–H and O–H groups in total. The Kier molecular flexibility index (Phi) is 5.72. The predicted molar refractivity (Wildman–Crippen MR) is 138 cm³/mol. The molecule has 0 aliphatic carbocycles. The molecule has 0 fully saturated rings. The molecule has 0 amide bonds. The van der Waals surface area contributed by atoms with Gasteiger partial charge in [-0.1, -0.05) is 60.7 Å². The number of rotatable bonds is 7. The van der Waals surface area contributed by atoms with E-state index in [0.29, 0.717) is 19.1 Å². The highest BCUT2D eigenvalue weighted by molar-refractivity contribution is 5.85. The SMILES string of the molecule is c1ccc(OCCNc2nc(N3CCc4ccccc4C3)nc3c2ncn3-c2ccccc2)cc1. The third-order valence-electron chi connectivity index (χ3n) is 6.24. The minimum Gasteiger partial charge on any atom is -0.492 e. The molecule has 0 unspecified atom stereocenters. The van der Waals surface area contributed by atoms with Crippen LogP contribution in [0.15, 0.2) is 91.3 Å². The second kappa shape index (κ2) is 9.46. The Morgan fingerprint density at radius 2 is 1.57 bits per heavy atom. The van der Waals surface area contributed by atoms with Gasteiger partial charge in [-0.3, -0.25) is 4.57 Å². The number of aromatic nitrogens is 4. The van der Waals surface area contributed by atoms with Crippen molar-refractivity contribution in [3.05, 3.63) is 102 Å². The average molecular weight is 463 g/mol. The van der Waals surface area contributed by atoms with Crippen LogP contribution in [0.2, 0.25) is 0 Å². The molecule has 0 saturated heterocycles. The van der Waals surface area contributed by atoms with Crippen LogP contribution in [0, 0.1) is 0 Å². The molecule has 7 heteroatoms. The monoisotopic (exact) mass is 462 g/mol. The zero-order valence-electron chi connectivity index (χ0n) is 19.3. The molecule has 3 aromatic carbocycles. The Labute approximate surface area is 204 Å². The lowest BCUT2D eigenvalue weighted by Gasteiger charge is -2.29. The number of benzene rings is 3. The lowest BCUT2D eigenvalue weighted by Crippen LogP contribution is -2.32. The average Bonchev–Trinajstić information content (AvgIpc) is 3.36. The van der Waals surface area contributed by atoms with Gasteiger partial charge < -0.3 is 15.0 Å². The maximum Gasteiger partial charge on any atom is 0.229 e. The van der Waals surface area contributed by atoms with E-state index < -0.39 is 0 Å². The molecule has 35 heavy (non-hydrogen) atoms. The molecule has 1 aliphatic rings. The first-order chi connectivity index (χ1) is 17.3. The Morgan fingerprint density at radius 3 is 2.40 bits per heavy atom. The topological polar surface area (TPSA) is 68.1 Å². The van der Waals surface area contributed by atoms with E-state index in [2.05, 4.69) is 51.6 Å². The molecule has 5 aromatic rings. The number of imidazole rings is 1. The van der Waals surface area contributed by atoms with Crippen LogP contribution in [0.4, 0.5) is 11.8 Å². The zero-order valence-corrected chi connectivity index (χ0v) is 19.3. The van der Waals surface area contributed by atoms with Crippen LogP contribution < -0.4 is 15.0 Å². The quantitative estimate of drug-likeness (QED) is 0.348. The van der Waals surface area contributed by atoms with Gasteiger partial charge in [0.25, 0.3) is 0 Å². The summed E-state index contributed by atoms with van der Waals surface area (Å²) in [7, 11) is 0. The van der Waals surface area contributed by atoms with Crippen LogP contribution in [0.25, 0.3) is 16.9 Å². The standard InChI is InChI=1S/C28H26N6O/c1-3-11-23(12-4-1)34-20-30-25-26(29-16-18-35-24-13-5-2-6-14-24)31-28(32-27(25)34)33-17-15-21-9-7-8-10-22(21)19-33/h1-14,20H,15-19H2,(H,29,31,32). The predicted octanol–water partition coefficient (Wildman–Crippen LogP) is 4.87. The molecule has 0 saturated carbocycles. The fourth-order valence-corrected chi connectivity index (χ4v) is 4.45. The van der Waals surface area contributed by atoms with E-state index in [-0.39, 0.29) is 0 Å². The van der Waals surface area contributed by atoms with E-state index in [1.54, 1.807) is 0 Å². The molecular formula is C28H26N6O. The molecule has 1 aliphatic heterocycles. The Bertz CT molecular complexity index is 1430. The van der Waals surface area contributed by atoms with Crippen molar-refractivity contribution in [1.29, 1.82) is 0 Å². The molecule has 174 valence electrons. The van der Waals surface area contributed by atoms with Crippen LogP contribution >= 0.6 is 0 Å². The zero-order chi connectivity index (χ0) is 23.5. The maximum absolute atomic E-state index is 5.86. The van der Waals surface area contributed by atoms with Gasteiger partial charge in [0.1, 0.15) is 18.7 Å². The van der Waals surface area contributed by atoms with E-state index in [1.165, 1.54) is 11.1 Å². The summed E-state index contributed by atoms with van der Waals surface area (Å²) in [6, 6.07) is 28.6. The van der Waals surface area contributed by atoms with E-state index >= 15 is 0 Å². The second-order valence-corrected chi connectivity index (χ2v) is 8.52. The van der Waals surface area contributed by atoms with Crippen molar-refractivity contribution < 1.29 is 4.74 Å². The van der Waals surface area contributed by atoms with Gasteiger partial charge in [0.05, 0.1) is 6.54 Å². The smallest absolute Gasteiger partial charge is 0.229 e. The van der Waals surface area contributed by atoms with Crippen LogP contribution in [0.5, 0.6) is 5.75 Å². The van der Waals surface area contributed by atoms with Crippen molar-refractivity contribution in [2.24, 2.45) is 0 Å². The van der Waals surface area contributed by atoms with Crippen LogP contribution in [-0.4, -0.2) is 39.2 Å². The van der Waals surface area contributed by atoms with Crippen LogP contribution in [0.3, 0.4) is 0 Å². The van der Waals surface area contributed by atoms with E-state index in [1.807, 2.05) is 59.4 Å². The number of fused-ring (bicyclic) bond motifs is 2. The van der Waals surface area contributed by atoms with Gasteiger partial charge in [0, 0.05) is 18.8 Å². The van der Waals surface area contributed by atoms with Gasteiger partial charge in [0.2, 0.25) is 5.95 Å². The van der Waals surface area contributed by atoms with Gasteiger partial charge in [-0.2, -0.15) is 9.97 Å². The number of hydrogen-bond donors (Lipinski definition) is 1. The van der Waals surface area contributed by atoms with E-state index in [0.717, 1.165) is 47.9 Å². The molecule has 7 nitrogen and oxygen atoms in total. The van der Waals surface area contributed by atoms with Crippen molar-refractivity contribution in [2.45, 2.75) is 13.0 Å². The molecule has 0 spiro atoms. The first-order valence-corrected chi connectivity index (χ1v) is 11.9. The Balaban J connectivity index is 1.32. The lowest BCUT2D eigenvalue weighted by molar-refractivity contribution is 0.333. The summed E-state index contributed by atoms with van der Waals surface area (Å²) in [5.74, 6) is 2.27. The minimum atomic E-state index is 0.515. The summed E-state index contributed by atoms with van der Waals surface area (Å²) in [4.78, 5) is 16.8. The first-order valence-electron chi connectivity index (χ1n) is 11.9. The summed E-state index contributed by atoms with van der Waals surface area (Å²) in [6.07, 6.45) is 2.79. The molecule has 2 aromatic heterocycles. The first kappa shape index (κ1) is 21.2. The highest BCUT2D eigenvalue weighted by Gasteiger charge is 2.21. The number of hydrogen-bond acceptors (Lipinski definition) is 6. The number of nitrogens with one attached hydrogen (secondary N) is 1. The maximum atomic E-state index is 5.86. The summed E-state index contributed by atoms with van der Waals surface area (Å²) in [5, 5.41) is 3.44. The number of nitrogens with zero attached hydrogens (tertiary/aromatic N) is 5. The molecule has 6 rings (SSSR count). The normalized spacial score (nSPS) is 13.0. The summed E-state index contributed by atoms with van der Waals surface area (Å²) in [6.45, 7) is 2.78.